The van der Waals surface area contributed by atoms with E-state index in [0.29, 0.717) is 29.1 Å². The maximum Gasteiger partial charge on any atom is 0.416 e. The number of hydrogen-bond acceptors (Lipinski definition) is 3. The number of nitrogens with zero attached hydrogens (tertiary/aromatic N) is 2. The van der Waals surface area contributed by atoms with Crippen molar-refractivity contribution in [3.63, 3.8) is 0 Å². The number of benzene rings is 2. The van der Waals surface area contributed by atoms with E-state index in [4.69, 9.17) is 0 Å². The summed E-state index contributed by atoms with van der Waals surface area (Å²) in [7, 11) is 0. The van der Waals surface area contributed by atoms with E-state index in [0.717, 1.165) is 12.1 Å². The van der Waals surface area contributed by atoms with Crippen molar-refractivity contribution in [2.45, 2.75) is 18.9 Å². The van der Waals surface area contributed by atoms with Crippen molar-refractivity contribution >= 4 is 5.91 Å². The highest BCUT2D eigenvalue weighted by atomic mass is 19.4. The molecule has 0 bridgehead atoms. The van der Waals surface area contributed by atoms with Crippen LogP contribution in [0.25, 0.3) is 11.3 Å². The Kier molecular flexibility index (Phi) is 4.83. The molecule has 2 aromatic carbocycles. The van der Waals surface area contributed by atoms with Gasteiger partial charge in [-0.3, -0.25) is 10.1 Å². The summed E-state index contributed by atoms with van der Waals surface area (Å²) in [6, 6.07) is 12.3. The van der Waals surface area contributed by atoms with Crippen LogP contribution < -0.4 is 10.6 Å². The Morgan fingerprint density at radius 3 is 2.45 bits per heavy atom. The highest BCUT2D eigenvalue weighted by molar-refractivity contribution is 5.94. The molecule has 150 valence electrons. The number of aromatic nitrogens is 2. The van der Waals surface area contributed by atoms with Gasteiger partial charge in [-0.2, -0.15) is 18.3 Å². The maximum atomic E-state index is 13.1. The van der Waals surface area contributed by atoms with Gasteiger partial charge in [0.25, 0.3) is 5.91 Å². The zero-order valence-electron chi connectivity index (χ0n) is 15.0. The first kappa shape index (κ1) is 19.1. The lowest BCUT2D eigenvalue weighted by Crippen LogP contribution is -2.45. The Morgan fingerprint density at radius 1 is 1.10 bits per heavy atom. The summed E-state index contributed by atoms with van der Waals surface area (Å²) in [5, 5.41) is 10.4. The molecule has 0 aliphatic carbocycles. The number of carbonyl (C=O) groups is 1. The predicted molar refractivity (Wildman–Crippen MR) is 97.3 cm³/mol. The summed E-state index contributed by atoms with van der Waals surface area (Å²) in [5.41, 5.74) is 1.51. The number of hydrogen-bond donors (Lipinski definition) is 2. The summed E-state index contributed by atoms with van der Waals surface area (Å²) in [4.78, 5) is 12.2. The molecule has 2 N–H and O–H groups in total. The Balaban J connectivity index is 1.52. The van der Waals surface area contributed by atoms with E-state index in [1.54, 1.807) is 22.9 Å². The molecular weight excluding hydrogens is 388 g/mol. The average Bonchev–Trinajstić information content (AvgIpc) is 3.14. The molecule has 1 unspecified atom stereocenters. The standard InChI is InChI=1S/C20H16F4N4O/c21-15-7-3-13(4-8-15)16-9-17-19(29)26-11-18(28(17)27-16)25-10-12-1-5-14(6-2-12)20(22,23)24/h1-9,18,25H,10-11H2,(H,26,29). The normalized spacial score (nSPS) is 16.4. The molecule has 1 atom stereocenters. The first-order valence-corrected chi connectivity index (χ1v) is 8.84. The summed E-state index contributed by atoms with van der Waals surface area (Å²) < 4.78 is 52.7. The quantitative estimate of drug-likeness (QED) is 0.652. The van der Waals surface area contributed by atoms with Gasteiger partial charge in [-0.1, -0.05) is 12.1 Å². The SMILES string of the molecule is O=C1NCC(NCc2ccc(C(F)(F)F)cc2)n2nc(-c3ccc(F)cc3)cc21. The number of carbonyl (C=O) groups excluding carboxylic acids is 1. The molecule has 29 heavy (non-hydrogen) atoms. The van der Waals surface area contributed by atoms with Gasteiger partial charge < -0.3 is 5.32 Å². The molecule has 2 heterocycles. The largest absolute Gasteiger partial charge is 0.416 e. The third kappa shape index (κ3) is 4.00. The molecule has 0 spiro atoms. The molecule has 9 heteroatoms. The Labute approximate surface area is 163 Å². The molecule has 3 aromatic rings. The third-order valence-electron chi connectivity index (χ3n) is 4.68. The minimum Gasteiger partial charge on any atom is -0.347 e. The topological polar surface area (TPSA) is 59.0 Å². The van der Waals surface area contributed by atoms with Crippen molar-refractivity contribution in [3.8, 4) is 11.3 Å². The van der Waals surface area contributed by atoms with Gasteiger partial charge in [-0.15, -0.1) is 0 Å². The van der Waals surface area contributed by atoms with Crippen LogP contribution in [0.1, 0.15) is 27.8 Å². The van der Waals surface area contributed by atoms with Crippen molar-refractivity contribution < 1.29 is 22.4 Å². The van der Waals surface area contributed by atoms with Crippen molar-refractivity contribution in [1.82, 2.24) is 20.4 Å². The molecule has 1 aromatic heterocycles. The van der Waals surface area contributed by atoms with E-state index in [9.17, 15) is 22.4 Å². The van der Waals surface area contributed by atoms with Crippen LogP contribution in [0, 0.1) is 5.82 Å². The summed E-state index contributed by atoms with van der Waals surface area (Å²) in [6.45, 7) is 0.570. The molecule has 1 amide bonds. The van der Waals surface area contributed by atoms with E-state index in [1.165, 1.54) is 24.3 Å². The lowest BCUT2D eigenvalue weighted by Gasteiger charge is -2.25. The van der Waals surface area contributed by atoms with Gasteiger partial charge in [0.15, 0.2) is 0 Å². The second kappa shape index (κ2) is 7.32. The molecule has 0 radical (unpaired) electrons. The second-order valence-electron chi connectivity index (χ2n) is 6.67. The van der Waals surface area contributed by atoms with Crippen LogP contribution in [0.15, 0.2) is 54.6 Å². The zero-order valence-corrected chi connectivity index (χ0v) is 15.0. The lowest BCUT2D eigenvalue weighted by molar-refractivity contribution is -0.137. The van der Waals surface area contributed by atoms with E-state index in [-0.39, 0.29) is 24.4 Å². The van der Waals surface area contributed by atoms with Crippen molar-refractivity contribution in [1.29, 1.82) is 0 Å². The van der Waals surface area contributed by atoms with E-state index >= 15 is 0 Å². The minimum atomic E-state index is -4.37. The van der Waals surface area contributed by atoms with Gasteiger partial charge in [-0.05, 0) is 48.0 Å². The monoisotopic (exact) mass is 404 g/mol. The molecule has 0 saturated heterocycles. The highest BCUT2D eigenvalue weighted by Crippen LogP contribution is 2.29. The van der Waals surface area contributed by atoms with Crippen molar-refractivity contribution in [3.05, 3.63) is 77.2 Å². The number of nitrogens with one attached hydrogen (secondary N) is 2. The lowest BCUT2D eigenvalue weighted by atomic mass is 10.1. The van der Waals surface area contributed by atoms with Gasteiger partial charge in [0, 0.05) is 12.1 Å². The minimum absolute atomic E-state index is 0.275. The van der Waals surface area contributed by atoms with Gasteiger partial charge in [0.1, 0.15) is 17.7 Å². The summed E-state index contributed by atoms with van der Waals surface area (Å²) >= 11 is 0. The maximum absolute atomic E-state index is 13.1. The first-order chi connectivity index (χ1) is 13.8. The van der Waals surface area contributed by atoms with Crippen molar-refractivity contribution in [2.24, 2.45) is 0 Å². The fourth-order valence-corrected chi connectivity index (χ4v) is 3.14. The van der Waals surface area contributed by atoms with Crippen LogP contribution in [-0.4, -0.2) is 22.2 Å². The van der Waals surface area contributed by atoms with Crippen LogP contribution in [0.2, 0.25) is 0 Å². The van der Waals surface area contributed by atoms with Gasteiger partial charge >= 0.3 is 6.18 Å². The molecule has 1 aliphatic heterocycles. The summed E-state index contributed by atoms with van der Waals surface area (Å²) in [6.07, 6.45) is -4.75. The Bertz CT molecular complexity index is 1030. The van der Waals surface area contributed by atoms with E-state index < -0.39 is 11.7 Å². The van der Waals surface area contributed by atoms with E-state index in [2.05, 4.69) is 15.7 Å². The van der Waals surface area contributed by atoms with Crippen LogP contribution in [0.3, 0.4) is 0 Å². The Morgan fingerprint density at radius 2 is 1.79 bits per heavy atom. The van der Waals surface area contributed by atoms with Crippen LogP contribution in [-0.2, 0) is 12.7 Å². The molecule has 1 aliphatic rings. The fourth-order valence-electron chi connectivity index (χ4n) is 3.14. The molecule has 5 nitrogen and oxygen atoms in total. The smallest absolute Gasteiger partial charge is 0.347 e. The number of halogens is 4. The molecule has 4 rings (SSSR count). The first-order valence-electron chi connectivity index (χ1n) is 8.84. The van der Waals surface area contributed by atoms with Crippen LogP contribution >= 0.6 is 0 Å². The second-order valence-corrected chi connectivity index (χ2v) is 6.67. The van der Waals surface area contributed by atoms with Gasteiger partial charge in [-0.25, -0.2) is 9.07 Å². The van der Waals surface area contributed by atoms with E-state index in [1.807, 2.05) is 0 Å². The number of alkyl halides is 3. The molecule has 0 saturated carbocycles. The van der Waals surface area contributed by atoms with Gasteiger partial charge in [0.2, 0.25) is 0 Å². The average molecular weight is 404 g/mol. The summed E-state index contributed by atoms with van der Waals surface area (Å²) in [5.74, 6) is -0.648. The number of amides is 1. The molecule has 0 fully saturated rings. The number of fused-ring (bicyclic) bond motifs is 1. The predicted octanol–water partition coefficient (Wildman–Crippen LogP) is 3.74. The van der Waals surface area contributed by atoms with Crippen molar-refractivity contribution in [2.75, 3.05) is 6.54 Å². The fraction of sp³-hybridized carbons (Fsp3) is 0.200. The molecular formula is C20H16F4N4O. The van der Waals surface area contributed by atoms with Crippen LogP contribution in [0.5, 0.6) is 0 Å². The van der Waals surface area contributed by atoms with Gasteiger partial charge in [0.05, 0.1) is 17.8 Å². The third-order valence-corrected chi connectivity index (χ3v) is 4.68. The van der Waals surface area contributed by atoms with Crippen LogP contribution in [0.4, 0.5) is 17.6 Å². The highest BCUT2D eigenvalue weighted by Gasteiger charge is 2.30. The Hall–Kier alpha value is -3.20. The zero-order chi connectivity index (χ0) is 20.6. The number of rotatable bonds is 4.